The average molecular weight is 114 g/mol. The Kier molecular flexibility index (Phi) is 3.28. The number of hydrogen-bond acceptors (Lipinski definition) is 2. The van der Waals surface area contributed by atoms with Gasteiger partial charge in [-0.15, -0.1) is 0 Å². The van der Waals surface area contributed by atoms with Gasteiger partial charge in [0, 0.05) is 0 Å². The van der Waals surface area contributed by atoms with Gasteiger partial charge in [-0.1, -0.05) is 6.58 Å². The first-order valence-electron chi connectivity index (χ1n) is 2.72. The Morgan fingerprint density at radius 1 is 1.62 bits per heavy atom. The lowest BCUT2D eigenvalue weighted by atomic mass is 10.5. The van der Waals surface area contributed by atoms with E-state index in [2.05, 4.69) is 23.7 Å². The van der Waals surface area contributed by atoms with E-state index in [9.17, 15) is 0 Å². The topological polar surface area (TPSA) is 15.3 Å². The van der Waals surface area contributed by atoms with Crippen molar-refractivity contribution in [2.24, 2.45) is 0 Å². The molecule has 0 aliphatic carbocycles. The van der Waals surface area contributed by atoms with Crippen LogP contribution in [0.3, 0.4) is 0 Å². The van der Waals surface area contributed by atoms with Gasteiger partial charge >= 0.3 is 0 Å². The molecule has 0 saturated carbocycles. The van der Waals surface area contributed by atoms with Crippen LogP contribution in [-0.2, 0) is 0 Å². The molecule has 0 aliphatic heterocycles. The summed E-state index contributed by atoms with van der Waals surface area (Å²) in [5, 5.41) is 3.03. The van der Waals surface area contributed by atoms with E-state index in [0.29, 0.717) is 6.17 Å². The van der Waals surface area contributed by atoms with Crippen molar-refractivity contribution < 1.29 is 0 Å². The van der Waals surface area contributed by atoms with E-state index in [4.69, 9.17) is 0 Å². The van der Waals surface area contributed by atoms with Crippen LogP contribution in [0.15, 0.2) is 12.8 Å². The zero-order valence-corrected chi connectivity index (χ0v) is 5.81. The average Bonchev–Trinajstić information content (AvgIpc) is 1.67. The first kappa shape index (κ1) is 7.50. The normalized spacial score (nSPS) is 13.5. The number of rotatable bonds is 3. The zero-order valence-electron chi connectivity index (χ0n) is 5.81. The van der Waals surface area contributed by atoms with Gasteiger partial charge in [0.05, 0.1) is 6.17 Å². The third-order valence-electron chi connectivity index (χ3n) is 1.13. The fourth-order valence-corrected chi connectivity index (χ4v) is 0.320. The molecule has 0 radical (unpaired) electrons. The molecule has 2 nitrogen and oxygen atoms in total. The monoisotopic (exact) mass is 114 g/mol. The Morgan fingerprint density at radius 3 is 2.25 bits per heavy atom. The van der Waals surface area contributed by atoms with Crippen LogP contribution < -0.4 is 5.32 Å². The Labute approximate surface area is 51.2 Å². The molecule has 1 N–H and O–H groups in total. The van der Waals surface area contributed by atoms with Gasteiger partial charge in [-0.05, 0) is 27.2 Å². The molecule has 0 aromatic carbocycles. The summed E-state index contributed by atoms with van der Waals surface area (Å²) in [5.74, 6) is 0. The summed E-state index contributed by atoms with van der Waals surface area (Å²) in [4.78, 5) is 2.07. The third-order valence-corrected chi connectivity index (χ3v) is 1.13. The lowest BCUT2D eigenvalue weighted by Gasteiger charge is -2.18. The minimum absolute atomic E-state index is 0.382. The smallest absolute Gasteiger partial charge is 0.0754 e. The molecule has 8 heavy (non-hydrogen) atoms. The van der Waals surface area contributed by atoms with E-state index < -0.39 is 0 Å². The molecule has 48 valence electrons. The van der Waals surface area contributed by atoms with Crippen molar-refractivity contribution >= 4 is 0 Å². The van der Waals surface area contributed by atoms with Crippen molar-refractivity contribution in [2.75, 3.05) is 14.1 Å². The van der Waals surface area contributed by atoms with E-state index in [1.54, 1.807) is 6.20 Å². The second-order valence-corrected chi connectivity index (χ2v) is 2.01. The van der Waals surface area contributed by atoms with Gasteiger partial charge in [0.25, 0.3) is 0 Å². The molecule has 1 unspecified atom stereocenters. The molecule has 1 atom stereocenters. The molecule has 0 rings (SSSR count). The maximum absolute atomic E-state index is 3.55. The molecule has 0 aliphatic rings. The molecule has 0 fully saturated rings. The third kappa shape index (κ3) is 2.64. The molecule has 0 saturated heterocycles. The summed E-state index contributed by atoms with van der Waals surface area (Å²) in [6.45, 7) is 5.62. The maximum atomic E-state index is 3.55. The van der Waals surface area contributed by atoms with Crippen LogP contribution in [0.2, 0.25) is 0 Å². The lowest BCUT2D eigenvalue weighted by Crippen LogP contribution is -2.35. The summed E-state index contributed by atoms with van der Waals surface area (Å²) in [5.41, 5.74) is 0. The van der Waals surface area contributed by atoms with Crippen LogP contribution >= 0.6 is 0 Å². The van der Waals surface area contributed by atoms with Gasteiger partial charge in [-0.2, -0.15) is 0 Å². The van der Waals surface area contributed by atoms with Crippen LogP contribution in [0.4, 0.5) is 0 Å². The quantitative estimate of drug-likeness (QED) is 0.541. The Morgan fingerprint density at radius 2 is 2.12 bits per heavy atom. The number of hydrogen-bond donors (Lipinski definition) is 1. The fourth-order valence-electron chi connectivity index (χ4n) is 0.320. The van der Waals surface area contributed by atoms with E-state index in [1.165, 1.54) is 0 Å². The number of nitrogens with one attached hydrogen (secondary N) is 1. The molecule has 0 aromatic rings. The first-order valence-corrected chi connectivity index (χ1v) is 2.72. The Bertz CT molecular complexity index is 68.9. The Balaban J connectivity index is 3.30. The van der Waals surface area contributed by atoms with Crippen LogP contribution in [-0.4, -0.2) is 25.2 Å². The summed E-state index contributed by atoms with van der Waals surface area (Å²) >= 11 is 0. The largest absolute Gasteiger partial charge is 0.376 e. The van der Waals surface area contributed by atoms with Crippen LogP contribution in [0.25, 0.3) is 0 Å². The second kappa shape index (κ2) is 3.50. The number of nitrogens with zero attached hydrogens (tertiary/aromatic N) is 1. The van der Waals surface area contributed by atoms with Gasteiger partial charge in [-0.3, -0.25) is 4.90 Å². The first-order chi connectivity index (χ1) is 3.68. The lowest BCUT2D eigenvalue weighted by molar-refractivity contribution is 0.289. The predicted octanol–water partition coefficient (Wildman–Crippen LogP) is 0.627. The molecular weight excluding hydrogens is 100 g/mol. The summed E-state index contributed by atoms with van der Waals surface area (Å²) in [6, 6.07) is 0. The van der Waals surface area contributed by atoms with Crippen molar-refractivity contribution in [3.8, 4) is 0 Å². The van der Waals surface area contributed by atoms with Crippen LogP contribution in [0, 0.1) is 0 Å². The minimum Gasteiger partial charge on any atom is -0.376 e. The molecule has 0 heterocycles. The van der Waals surface area contributed by atoms with E-state index >= 15 is 0 Å². The molecule has 0 amide bonds. The zero-order chi connectivity index (χ0) is 6.57. The summed E-state index contributed by atoms with van der Waals surface area (Å²) < 4.78 is 0. The van der Waals surface area contributed by atoms with E-state index in [0.717, 1.165) is 0 Å². The van der Waals surface area contributed by atoms with Crippen molar-refractivity contribution in [3.63, 3.8) is 0 Å². The van der Waals surface area contributed by atoms with Gasteiger partial charge in [0.15, 0.2) is 0 Å². The van der Waals surface area contributed by atoms with Gasteiger partial charge in [0.1, 0.15) is 0 Å². The Hall–Kier alpha value is -0.500. The SMILES string of the molecule is C=CNC(C)N(C)C. The molecule has 0 aromatic heterocycles. The molecule has 0 bridgehead atoms. The van der Waals surface area contributed by atoms with Crippen molar-refractivity contribution in [1.82, 2.24) is 10.2 Å². The fraction of sp³-hybridized carbons (Fsp3) is 0.667. The highest BCUT2D eigenvalue weighted by atomic mass is 15.2. The highest BCUT2D eigenvalue weighted by molar-refractivity contribution is 4.67. The molecule has 0 spiro atoms. The predicted molar refractivity (Wildman–Crippen MR) is 36.5 cm³/mol. The van der Waals surface area contributed by atoms with Crippen molar-refractivity contribution in [1.29, 1.82) is 0 Å². The van der Waals surface area contributed by atoms with E-state index in [-0.39, 0.29) is 0 Å². The standard InChI is InChI=1S/C6H14N2/c1-5-7-6(2)8(3)4/h5-7H,1H2,2-4H3. The van der Waals surface area contributed by atoms with Crippen molar-refractivity contribution in [3.05, 3.63) is 12.8 Å². The van der Waals surface area contributed by atoms with Crippen LogP contribution in [0.5, 0.6) is 0 Å². The highest BCUT2D eigenvalue weighted by Gasteiger charge is 1.96. The summed E-state index contributed by atoms with van der Waals surface area (Å²) in [7, 11) is 4.03. The van der Waals surface area contributed by atoms with Gasteiger partial charge in [-0.25, -0.2) is 0 Å². The van der Waals surface area contributed by atoms with E-state index in [1.807, 2.05) is 14.1 Å². The molecular formula is C6H14N2. The van der Waals surface area contributed by atoms with Gasteiger partial charge < -0.3 is 5.32 Å². The summed E-state index contributed by atoms with van der Waals surface area (Å²) in [6.07, 6.45) is 2.08. The van der Waals surface area contributed by atoms with Gasteiger partial charge in [0.2, 0.25) is 0 Å². The second-order valence-electron chi connectivity index (χ2n) is 2.01. The highest BCUT2D eigenvalue weighted by Crippen LogP contribution is 1.82. The van der Waals surface area contributed by atoms with Crippen molar-refractivity contribution in [2.45, 2.75) is 13.1 Å². The minimum atomic E-state index is 0.382. The van der Waals surface area contributed by atoms with Crippen LogP contribution in [0.1, 0.15) is 6.92 Å². The maximum Gasteiger partial charge on any atom is 0.0754 e. The molecule has 2 heteroatoms.